The minimum Gasteiger partial charge on any atom is -0.399 e. The third-order valence-corrected chi connectivity index (χ3v) is 4.36. The summed E-state index contributed by atoms with van der Waals surface area (Å²) in [5.74, 6) is 0.738. The summed E-state index contributed by atoms with van der Waals surface area (Å²) in [7, 11) is -3.45. The molecule has 0 saturated carbocycles. The average molecular weight is 260 g/mol. The fourth-order valence-electron chi connectivity index (χ4n) is 1.30. The number of rotatable bonds is 5. The van der Waals surface area contributed by atoms with Crippen LogP contribution in [0.25, 0.3) is 0 Å². The van der Waals surface area contributed by atoms with Crippen LogP contribution < -0.4 is 10.5 Å². The van der Waals surface area contributed by atoms with Crippen LogP contribution in [0.4, 0.5) is 5.69 Å². The first-order chi connectivity index (χ1) is 7.45. The number of thioether (sulfide) groups is 1. The summed E-state index contributed by atoms with van der Waals surface area (Å²) in [5, 5.41) is 0. The van der Waals surface area contributed by atoms with Crippen molar-refractivity contribution in [2.75, 3.05) is 17.7 Å². The van der Waals surface area contributed by atoms with Gasteiger partial charge >= 0.3 is 0 Å². The smallest absolute Gasteiger partial charge is 0.240 e. The molecule has 0 aliphatic carbocycles. The molecule has 0 amide bonds. The summed E-state index contributed by atoms with van der Waals surface area (Å²) in [5.41, 5.74) is 5.99. The minimum atomic E-state index is -3.45. The highest BCUT2D eigenvalue weighted by Crippen LogP contribution is 2.13. The van der Waals surface area contributed by atoms with Crippen LogP contribution in [0.2, 0.25) is 0 Å². The molecule has 16 heavy (non-hydrogen) atoms. The largest absolute Gasteiger partial charge is 0.399 e. The number of benzene rings is 1. The van der Waals surface area contributed by atoms with Crippen molar-refractivity contribution in [2.24, 2.45) is 0 Å². The van der Waals surface area contributed by atoms with Gasteiger partial charge < -0.3 is 5.73 Å². The van der Waals surface area contributed by atoms with Gasteiger partial charge in [0.05, 0.1) is 4.90 Å². The fourth-order valence-corrected chi connectivity index (χ4v) is 3.29. The molecule has 0 fully saturated rings. The predicted molar refractivity (Wildman–Crippen MR) is 69.0 cm³/mol. The topological polar surface area (TPSA) is 72.2 Å². The van der Waals surface area contributed by atoms with Gasteiger partial charge in [0.1, 0.15) is 0 Å². The molecular formula is C10H16N2O2S2. The summed E-state index contributed by atoms with van der Waals surface area (Å²) in [4.78, 5) is 0.209. The number of nitrogen functional groups attached to an aromatic ring is 1. The summed E-state index contributed by atoms with van der Waals surface area (Å²) < 4.78 is 26.4. The Morgan fingerprint density at radius 3 is 2.75 bits per heavy atom. The summed E-state index contributed by atoms with van der Waals surface area (Å²) >= 11 is 1.60. The van der Waals surface area contributed by atoms with Crippen LogP contribution >= 0.6 is 11.8 Å². The normalized spacial score (nSPS) is 13.6. The quantitative estimate of drug-likeness (QED) is 0.783. The molecular weight excluding hydrogens is 244 g/mol. The molecule has 1 unspecified atom stereocenters. The zero-order chi connectivity index (χ0) is 12.2. The predicted octanol–water partition coefficient (Wildman–Crippen LogP) is 1.30. The van der Waals surface area contributed by atoms with E-state index < -0.39 is 10.0 Å². The van der Waals surface area contributed by atoms with Gasteiger partial charge in [-0.3, -0.25) is 0 Å². The molecule has 0 aliphatic rings. The molecule has 0 radical (unpaired) electrons. The van der Waals surface area contributed by atoms with E-state index in [0.29, 0.717) is 5.69 Å². The molecule has 4 nitrogen and oxygen atoms in total. The molecule has 0 aromatic heterocycles. The van der Waals surface area contributed by atoms with E-state index in [2.05, 4.69) is 4.72 Å². The van der Waals surface area contributed by atoms with E-state index in [0.717, 1.165) is 5.75 Å². The fraction of sp³-hybridized carbons (Fsp3) is 0.400. The van der Waals surface area contributed by atoms with Crippen LogP contribution in [0.5, 0.6) is 0 Å². The van der Waals surface area contributed by atoms with E-state index in [1.165, 1.54) is 12.1 Å². The first-order valence-electron chi connectivity index (χ1n) is 4.82. The summed E-state index contributed by atoms with van der Waals surface area (Å²) in [6.45, 7) is 1.83. The van der Waals surface area contributed by atoms with Gasteiger partial charge in [0.2, 0.25) is 10.0 Å². The SMILES string of the molecule is CSCC(C)NS(=O)(=O)c1cccc(N)c1. The van der Waals surface area contributed by atoms with Gasteiger partial charge in [0, 0.05) is 17.5 Å². The maximum atomic E-state index is 11.9. The third kappa shape index (κ3) is 3.70. The van der Waals surface area contributed by atoms with Crippen molar-refractivity contribution in [3.63, 3.8) is 0 Å². The molecule has 0 bridgehead atoms. The van der Waals surface area contributed by atoms with Gasteiger partial charge in [-0.25, -0.2) is 13.1 Å². The van der Waals surface area contributed by atoms with Crippen molar-refractivity contribution in [3.8, 4) is 0 Å². The highest BCUT2D eigenvalue weighted by Gasteiger charge is 2.16. The van der Waals surface area contributed by atoms with E-state index in [1.54, 1.807) is 23.9 Å². The Labute approximate surface area is 101 Å². The van der Waals surface area contributed by atoms with E-state index in [9.17, 15) is 8.42 Å². The number of hydrogen-bond acceptors (Lipinski definition) is 4. The van der Waals surface area contributed by atoms with Gasteiger partial charge in [-0.1, -0.05) is 6.07 Å². The molecule has 0 aliphatic heterocycles. The molecule has 1 aromatic carbocycles. The Kier molecular flexibility index (Phi) is 4.64. The Morgan fingerprint density at radius 1 is 1.50 bits per heavy atom. The lowest BCUT2D eigenvalue weighted by Crippen LogP contribution is -2.34. The first-order valence-corrected chi connectivity index (χ1v) is 7.70. The monoisotopic (exact) mass is 260 g/mol. The second-order valence-electron chi connectivity index (χ2n) is 3.55. The van der Waals surface area contributed by atoms with Crippen LogP contribution in [0.3, 0.4) is 0 Å². The summed E-state index contributed by atoms with van der Waals surface area (Å²) in [6, 6.07) is 6.17. The Morgan fingerprint density at radius 2 is 2.19 bits per heavy atom. The maximum Gasteiger partial charge on any atom is 0.240 e. The van der Waals surface area contributed by atoms with Crippen molar-refractivity contribution >= 4 is 27.5 Å². The number of sulfonamides is 1. The van der Waals surface area contributed by atoms with Crippen LogP contribution in [0, 0.1) is 0 Å². The van der Waals surface area contributed by atoms with Crippen molar-refractivity contribution in [1.29, 1.82) is 0 Å². The summed E-state index contributed by atoms with van der Waals surface area (Å²) in [6.07, 6.45) is 1.94. The van der Waals surface area contributed by atoms with Crippen molar-refractivity contribution in [3.05, 3.63) is 24.3 Å². The highest BCUT2D eigenvalue weighted by atomic mass is 32.2. The number of nitrogens with one attached hydrogen (secondary N) is 1. The first kappa shape index (κ1) is 13.3. The molecule has 6 heteroatoms. The zero-order valence-corrected chi connectivity index (χ0v) is 10.9. The highest BCUT2D eigenvalue weighted by molar-refractivity contribution is 7.98. The van der Waals surface area contributed by atoms with Gasteiger partial charge in [-0.2, -0.15) is 11.8 Å². The van der Waals surface area contributed by atoms with Crippen molar-refractivity contribution in [2.45, 2.75) is 17.9 Å². The molecule has 1 aromatic rings. The molecule has 0 heterocycles. The van der Waals surface area contributed by atoms with Gasteiger partial charge in [-0.15, -0.1) is 0 Å². The Balaban J connectivity index is 2.86. The van der Waals surface area contributed by atoms with Crippen molar-refractivity contribution < 1.29 is 8.42 Å². The standard InChI is InChI=1S/C10H16N2O2S2/c1-8(7-15-2)12-16(13,14)10-5-3-4-9(11)6-10/h3-6,8,12H,7,11H2,1-2H3. The molecule has 1 rings (SSSR count). The van der Waals surface area contributed by atoms with Crippen molar-refractivity contribution in [1.82, 2.24) is 4.72 Å². The van der Waals surface area contributed by atoms with Gasteiger partial charge in [0.25, 0.3) is 0 Å². The van der Waals surface area contributed by atoms with E-state index in [1.807, 2.05) is 13.2 Å². The zero-order valence-electron chi connectivity index (χ0n) is 9.30. The lowest BCUT2D eigenvalue weighted by atomic mass is 10.3. The third-order valence-electron chi connectivity index (χ3n) is 1.94. The molecule has 0 saturated heterocycles. The van der Waals surface area contributed by atoms with Gasteiger partial charge in [0.15, 0.2) is 0 Å². The number of anilines is 1. The van der Waals surface area contributed by atoms with Gasteiger partial charge in [-0.05, 0) is 31.4 Å². The molecule has 1 atom stereocenters. The molecule has 0 spiro atoms. The second-order valence-corrected chi connectivity index (χ2v) is 6.17. The Hall–Kier alpha value is -0.720. The number of hydrogen-bond donors (Lipinski definition) is 2. The second kappa shape index (κ2) is 5.56. The lowest BCUT2D eigenvalue weighted by Gasteiger charge is -2.13. The van der Waals surface area contributed by atoms with E-state index >= 15 is 0 Å². The molecule has 3 N–H and O–H groups in total. The molecule has 90 valence electrons. The number of nitrogens with two attached hydrogens (primary N) is 1. The maximum absolute atomic E-state index is 11.9. The van der Waals surface area contributed by atoms with Crippen LogP contribution in [0.15, 0.2) is 29.2 Å². The lowest BCUT2D eigenvalue weighted by molar-refractivity contribution is 0.571. The minimum absolute atomic E-state index is 0.0959. The van der Waals surface area contributed by atoms with E-state index in [4.69, 9.17) is 5.73 Å². The van der Waals surface area contributed by atoms with E-state index in [-0.39, 0.29) is 10.9 Å². The average Bonchev–Trinajstić information content (AvgIpc) is 2.17. The van der Waals surface area contributed by atoms with Crippen LogP contribution in [-0.4, -0.2) is 26.5 Å². The van der Waals surface area contributed by atoms with Crippen LogP contribution in [-0.2, 0) is 10.0 Å². The van der Waals surface area contributed by atoms with Crippen LogP contribution in [0.1, 0.15) is 6.92 Å². The Bertz CT molecular complexity index is 446.